The van der Waals surface area contributed by atoms with Crippen molar-refractivity contribution in [3.8, 4) is 5.75 Å². The highest BCUT2D eigenvalue weighted by Gasteiger charge is 2.30. The molecule has 1 atom stereocenters. The minimum absolute atomic E-state index is 0.615. The van der Waals surface area contributed by atoms with Crippen molar-refractivity contribution >= 4 is 5.82 Å². The summed E-state index contributed by atoms with van der Waals surface area (Å²) in [6.45, 7) is 6.01. The molecule has 1 aromatic rings. The van der Waals surface area contributed by atoms with Crippen molar-refractivity contribution < 1.29 is 9.84 Å². The molecule has 2 rings (SSSR count). The number of hydrogen-bond donors (Lipinski definition) is 1. The number of pyridine rings is 1. The van der Waals surface area contributed by atoms with Crippen LogP contribution in [-0.4, -0.2) is 35.4 Å². The third-order valence-electron chi connectivity index (χ3n) is 3.03. The van der Waals surface area contributed by atoms with E-state index in [1.54, 1.807) is 6.20 Å². The standard InChI is InChI=1S/C13H20N2O2/c1-3-17-11-6-4-8-14-12(11)15-9-5-7-13(2,16)10-15/h4,6,8,16H,3,5,7,9-10H2,1-2H3. The molecule has 1 aromatic heterocycles. The number of rotatable bonds is 3. The summed E-state index contributed by atoms with van der Waals surface area (Å²) in [5, 5.41) is 10.1. The van der Waals surface area contributed by atoms with Gasteiger partial charge in [0, 0.05) is 19.3 Å². The van der Waals surface area contributed by atoms with Gasteiger partial charge in [-0.1, -0.05) is 0 Å². The highest BCUT2D eigenvalue weighted by atomic mass is 16.5. The summed E-state index contributed by atoms with van der Waals surface area (Å²) in [5.74, 6) is 1.64. The summed E-state index contributed by atoms with van der Waals surface area (Å²) in [7, 11) is 0. The van der Waals surface area contributed by atoms with Crippen molar-refractivity contribution in [3.63, 3.8) is 0 Å². The number of ether oxygens (including phenoxy) is 1. The van der Waals surface area contributed by atoms with Crippen LogP contribution in [0.4, 0.5) is 5.82 Å². The van der Waals surface area contributed by atoms with E-state index in [-0.39, 0.29) is 0 Å². The summed E-state index contributed by atoms with van der Waals surface area (Å²) in [6, 6.07) is 3.80. The third kappa shape index (κ3) is 2.88. The number of aromatic nitrogens is 1. The molecule has 4 nitrogen and oxygen atoms in total. The second kappa shape index (κ2) is 4.92. The van der Waals surface area contributed by atoms with Crippen molar-refractivity contribution in [2.75, 3.05) is 24.6 Å². The molecule has 1 aliphatic heterocycles. The van der Waals surface area contributed by atoms with E-state index in [1.807, 2.05) is 26.0 Å². The van der Waals surface area contributed by atoms with Crippen LogP contribution in [-0.2, 0) is 0 Å². The first kappa shape index (κ1) is 12.2. The second-order valence-electron chi connectivity index (χ2n) is 4.78. The van der Waals surface area contributed by atoms with Crippen molar-refractivity contribution in [1.29, 1.82) is 0 Å². The predicted octanol–water partition coefficient (Wildman–Crippen LogP) is 1.83. The van der Waals surface area contributed by atoms with E-state index in [0.717, 1.165) is 31.0 Å². The number of β-amino-alcohol motifs (C(OH)–C–C–N with tert-alkyl or cyclic N) is 1. The van der Waals surface area contributed by atoms with Crippen molar-refractivity contribution in [3.05, 3.63) is 18.3 Å². The number of anilines is 1. The minimum Gasteiger partial charge on any atom is -0.490 e. The molecule has 1 saturated heterocycles. The lowest BCUT2D eigenvalue weighted by molar-refractivity contribution is 0.0445. The monoisotopic (exact) mass is 236 g/mol. The smallest absolute Gasteiger partial charge is 0.171 e. The highest BCUT2D eigenvalue weighted by molar-refractivity contribution is 5.52. The fourth-order valence-corrected chi connectivity index (χ4v) is 2.29. The molecule has 0 amide bonds. The van der Waals surface area contributed by atoms with E-state index in [1.165, 1.54) is 0 Å². The van der Waals surface area contributed by atoms with Crippen molar-refractivity contribution in [2.45, 2.75) is 32.3 Å². The third-order valence-corrected chi connectivity index (χ3v) is 3.03. The number of hydrogen-bond acceptors (Lipinski definition) is 4. The van der Waals surface area contributed by atoms with Gasteiger partial charge in [-0.3, -0.25) is 0 Å². The van der Waals surface area contributed by atoms with Crippen LogP contribution in [0.5, 0.6) is 5.75 Å². The Morgan fingerprint density at radius 3 is 3.12 bits per heavy atom. The minimum atomic E-state index is -0.626. The Bertz CT molecular complexity index is 379. The van der Waals surface area contributed by atoms with Gasteiger partial charge in [0.1, 0.15) is 0 Å². The first-order chi connectivity index (χ1) is 8.12. The summed E-state index contributed by atoms with van der Waals surface area (Å²) in [6.07, 6.45) is 3.59. The zero-order chi connectivity index (χ0) is 12.3. The molecular weight excluding hydrogens is 216 g/mol. The van der Waals surface area contributed by atoms with Gasteiger partial charge in [-0.15, -0.1) is 0 Å². The lowest BCUT2D eigenvalue weighted by atomic mass is 9.95. The van der Waals surface area contributed by atoms with Gasteiger partial charge in [0.15, 0.2) is 11.6 Å². The van der Waals surface area contributed by atoms with E-state index in [9.17, 15) is 5.11 Å². The molecular formula is C13H20N2O2. The average molecular weight is 236 g/mol. The SMILES string of the molecule is CCOc1cccnc1N1CCCC(C)(O)C1. The first-order valence-electron chi connectivity index (χ1n) is 6.17. The van der Waals surface area contributed by atoms with Gasteiger partial charge in [0.2, 0.25) is 0 Å². The molecule has 0 bridgehead atoms. The van der Waals surface area contributed by atoms with E-state index in [0.29, 0.717) is 13.2 Å². The lowest BCUT2D eigenvalue weighted by Crippen LogP contribution is -2.46. The fourth-order valence-electron chi connectivity index (χ4n) is 2.29. The average Bonchev–Trinajstić information content (AvgIpc) is 2.29. The van der Waals surface area contributed by atoms with Crippen LogP contribution in [0.1, 0.15) is 26.7 Å². The molecule has 0 aromatic carbocycles. The first-order valence-corrected chi connectivity index (χ1v) is 6.17. The molecule has 0 radical (unpaired) electrons. The molecule has 0 spiro atoms. The molecule has 0 aliphatic carbocycles. The maximum absolute atomic E-state index is 10.1. The summed E-state index contributed by atoms with van der Waals surface area (Å²) in [5.41, 5.74) is -0.626. The van der Waals surface area contributed by atoms with Crippen molar-refractivity contribution in [1.82, 2.24) is 4.98 Å². The molecule has 1 aliphatic rings. The molecule has 1 N–H and O–H groups in total. The molecule has 1 unspecified atom stereocenters. The van der Waals surface area contributed by atoms with E-state index in [4.69, 9.17) is 4.74 Å². The molecule has 17 heavy (non-hydrogen) atoms. The Balaban J connectivity index is 2.21. The van der Waals surface area contributed by atoms with Crippen LogP contribution in [0.25, 0.3) is 0 Å². The fraction of sp³-hybridized carbons (Fsp3) is 0.615. The van der Waals surface area contributed by atoms with Crippen LogP contribution in [0.15, 0.2) is 18.3 Å². The van der Waals surface area contributed by atoms with Gasteiger partial charge in [0.05, 0.1) is 12.2 Å². The topological polar surface area (TPSA) is 45.6 Å². The van der Waals surface area contributed by atoms with E-state index < -0.39 is 5.60 Å². The molecule has 2 heterocycles. The van der Waals surface area contributed by atoms with Crippen molar-refractivity contribution in [2.24, 2.45) is 0 Å². The quantitative estimate of drug-likeness (QED) is 0.869. The summed E-state index contributed by atoms with van der Waals surface area (Å²) in [4.78, 5) is 6.48. The Morgan fingerprint density at radius 2 is 2.41 bits per heavy atom. The van der Waals surface area contributed by atoms with Crippen LogP contribution >= 0.6 is 0 Å². The van der Waals surface area contributed by atoms with Gasteiger partial charge in [0.25, 0.3) is 0 Å². The van der Waals surface area contributed by atoms with Gasteiger partial charge in [-0.25, -0.2) is 4.98 Å². The maximum atomic E-state index is 10.1. The molecule has 4 heteroatoms. The maximum Gasteiger partial charge on any atom is 0.171 e. The van der Waals surface area contributed by atoms with Crippen LogP contribution < -0.4 is 9.64 Å². The summed E-state index contributed by atoms with van der Waals surface area (Å²) < 4.78 is 5.57. The number of piperidine rings is 1. The van der Waals surface area contributed by atoms with Crippen LogP contribution in [0, 0.1) is 0 Å². The van der Waals surface area contributed by atoms with Gasteiger partial charge in [-0.2, -0.15) is 0 Å². The number of nitrogens with zero attached hydrogens (tertiary/aromatic N) is 2. The molecule has 1 fully saturated rings. The van der Waals surface area contributed by atoms with Gasteiger partial charge < -0.3 is 14.7 Å². The molecule has 0 saturated carbocycles. The largest absolute Gasteiger partial charge is 0.490 e. The van der Waals surface area contributed by atoms with Gasteiger partial charge >= 0.3 is 0 Å². The zero-order valence-corrected chi connectivity index (χ0v) is 10.5. The predicted molar refractivity (Wildman–Crippen MR) is 67.5 cm³/mol. The Labute approximate surface area is 102 Å². The Hall–Kier alpha value is -1.29. The van der Waals surface area contributed by atoms with Gasteiger partial charge in [-0.05, 0) is 38.8 Å². The Morgan fingerprint density at radius 1 is 1.59 bits per heavy atom. The zero-order valence-electron chi connectivity index (χ0n) is 10.5. The Kier molecular flexibility index (Phi) is 3.52. The lowest BCUT2D eigenvalue weighted by Gasteiger charge is -2.37. The van der Waals surface area contributed by atoms with E-state index in [2.05, 4.69) is 9.88 Å². The summed E-state index contributed by atoms with van der Waals surface area (Å²) >= 11 is 0. The molecule has 94 valence electrons. The number of aliphatic hydroxyl groups is 1. The van der Waals surface area contributed by atoms with Crippen LogP contribution in [0.3, 0.4) is 0 Å². The van der Waals surface area contributed by atoms with E-state index >= 15 is 0 Å². The second-order valence-corrected chi connectivity index (χ2v) is 4.78. The highest BCUT2D eigenvalue weighted by Crippen LogP contribution is 2.30. The van der Waals surface area contributed by atoms with Crippen LogP contribution in [0.2, 0.25) is 0 Å². The normalized spacial score (nSPS) is 24.8.